The third-order valence-electron chi connectivity index (χ3n) is 2.88. The highest BCUT2D eigenvalue weighted by atomic mass is 35.5. The number of imidazole rings is 1. The van der Waals surface area contributed by atoms with Crippen LogP contribution in [0.25, 0.3) is 11.2 Å². The molecule has 0 amide bonds. The molecule has 0 aliphatic rings. The Morgan fingerprint density at radius 3 is 2.90 bits per heavy atom. The Labute approximate surface area is 124 Å². The Kier molecular flexibility index (Phi) is 3.45. The zero-order chi connectivity index (χ0) is 14.1. The van der Waals surface area contributed by atoms with Gasteiger partial charge in [0.1, 0.15) is 5.52 Å². The number of thiophene rings is 1. The highest BCUT2D eigenvalue weighted by Crippen LogP contribution is 2.30. The minimum atomic E-state index is 0.0959. The molecular weight excluding hydrogens is 296 g/mol. The van der Waals surface area contributed by atoms with Gasteiger partial charge in [0.05, 0.1) is 16.7 Å². The molecule has 1 atom stereocenters. The fourth-order valence-corrected chi connectivity index (χ4v) is 2.95. The first-order valence-corrected chi connectivity index (χ1v) is 7.27. The quantitative estimate of drug-likeness (QED) is 0.689. The Bertz CT molecular complexity index is 736. The van der Waals surface area contributed by atoms with Crippen molar-refractivity contribution < 1.29 is 0 Å². The number of halogens is 1. The Balaban J connectivity index is 1.95. The van der Waals surface area contributed by atoms with Gasteiger partial charge in [-0.3, -0.25) is 0 Å². The van der Waals surface area contributed by atoms with E-state index in [1.165, 1.54) is 0 Å². The number of rotatable bonds is 4. The molecule has 0 spiro atoms. The third-order valence-corrected chi connectivity index (χ3v) is 4.30. The first kappa shape index (κ1) is 13.1. The summed E-state index contributed by atoms with van der Waals surface area (Å²) in [6.07, 6.45) is 1.61. The van der Waals surface area contributed by atoms with Crippen LogP contribution in [0.3, 0.4) is 0 Å². The monoisotopic (exact) mass is 308 g/mol. The van der Waals surface area contributed by atoms with Gasteiger partial charge in [0, 0.05) is 11.9 Å². The van der Waals surface area contributed by atoms with Gasteiger partial charge in [0.2, 0.25) is 5.95 Å². The summed E-state index contributed by atoms with van der Waals surface area (Å²) in [5.74, 6) is 1.25. The highest BCUT2D eigenvalue weighted by molar-refractivity contribution is 7.16. The average molecular weight is 309 g/mol. The Morgan fingerprint density at radius 1 is 1.35 bits per heavy atom. The first-order chi connectivity index (χ1) is 9.67. The van der Waals surface area contributed by atoms with Gasteiger partial charge in [-0.15, -0.1) is 11.3 Å². The zero-order valence-electron chi connectivity index (χ0n) is 10.9. The van der Waals surface area contributed by atoms with E-state index in [-0.39, 0.29) is 6.04 Å². The molecule has 3 aromatic heterocycles. The lowest BCUT2D eigenvalue weighted by atomic mass is 10.3. The van der Waals surface area contributed by atoms with E-state index in [0.29, 0.717) is 17.4 Å². The molecule has 3 N–H and O–H groups in total. The number of nitrogens with zero attached hydrogens (tertiary/aromatic N) is 3. The molecule has 0 radical (unpaired) electrons. The van der Waals surface area contributed by atoms with Crippen molar-refractivity contribution in [2.24, 2.45) is 0 Å². The summed E-state index contributed by atoms with van der Waals surface area (Å²) in [6.45, 7) is 2.06. The van der Waals surface area contributed by atoms with E-state index in [0.717, 1.165) is 14.7 Å². The van der Waals surface area contributed by atoms with E-state index in [1.54, 1.807) is 24.7 Å². The molecule has 3 rings (SSSR count). The van der Waals surface area contributed by atoms with E-state index in [1.807, 2.05) is 12.1 Å². The van der Waals surface area contributed by atoms with Crippen LogP contribution >= 0.6 is 22.9 Å². The maximum atomic E-state index is 5.97. The summed E-state index contributed by atoms with van der Waals surface area (Å²) in [4.78, 5) is 17.1. The molecule has 3 aromatic rings. The van der Waals surface area contributed by atoms with Crippen LogP contribution in [0, 0.1) is 0 Å². The number of fused-ring (bicyclic) bond motifs is 1. The number of nitrogens with one attached hydrogen (secondary N) is 3. The van der Waals surface area contributed by atoms with Gasteiger partial charge in [-0.05, 0) is 19.1 Å². The van der Waals surface area contributed by atoms with Crippen LogP contribution in [0.2, 0.25) is 4.34 Å². The molecule has 0 saturated carbocycles. The lowest BCUT2D eigenvalue weighted by molar-refractivity contribution is 0.897. The van der Waals surface area contributed by atoms with Gasteiger partial charge in [-0.2, -0.15) is 9.97 Å². The molecule has 0 fully saturated rings. The van der Waals surface area contributed by atoms with Crippen molar-refractivity contribution in [1.82, 2.24) is 19.9 Å². The largest absolute Gasteiger partial charge is 0.361 e. The number of aromatic nitrogens is 4. The maximum absolute atomic E-state index is 5.97. The van der Waals surface area contributed by atoms with Gasteiger partial charge < -0.3 is 15.6 Å². The van der Waals surface area contributed by atoms with Crippen molar-refractivity contribution in [3.05, 3.63) is 27.7 Å². The second-order valence-electron chi connectivity index (χ2n) is 4.25. The van der Waals surface area contributed by atoms with Crippen molar-refractivity contribution in [3.8, 4) is 0 Å². The van der Waals surface area contributed by atoms with Crippen molar-refractivity contribution in [2.45, 2.75) is 13.0 Å². The van der Waals surface area contributed by atoms with Gasteiger partial charge >= 0.3 is 0 Å². The Hall–Kier alpha value is -1.86. The molecule has 104 valence electrons. The molecule has 0 aliphatic heterocycles. The molecule has 1 unspecified atom stereocenters. The van der Waals surface area contributed by atoms with Crippen molar-refractivity contribution in [3.63, 3.8) is 0 Å². The molecular formula is C12H13ClN6S. The van der Waals surface area contributed by atoms with Crippen LogP contribution in [-0.4, -0.2) is 27.0 Å². The van der Waals surface area contributed by atoms with E-state index < -0.39 is 0 Å². The van der Waals surface area contributed by atoms with E-state index >= 15 is 0 Å². The second-order valence-corrected chi connectivity index (χ2v) is 6.00. The first-order valence-electron chi connectivity index (χ1n) is 6.08. The van der Waals surface area contributed by atoms with E-state index in [2.05, 4.69) is 37.5 Å². The normalized spacial score (nSPS) is 12.6. The van der Waals surface area contributed by atoms with Crippen LogP contribution < -0.4 is 10.6 Å². The molecule has 8 heteroatoms. The molecule has 6 nitrogen and oxygen atoms in total. The van der Waals surface area contributed by atoms with Crippen molar-refractivity contribution in [1.29, 1.82) is 0 Å². The van der Waals surface area contributed by atoms with Crippen molar-refractivity contribution >= 4 is 45.9 Å². The minimum absolute atomic E-state index is 0.0959. The predicted molar refractivity (Wildman–Crippen MR) is 82.6 cm³/mol. The van der Waals surface area contributed by atoms with Gasteiger partial charge in [0.25, 0.3) is 0 Å². The van der Waals surface area contributed by atoms with Crippen molar-refractivity contribution in [2.75, 3.05) is 17.7 Å². The summed E-state index contributed by atoms with van der Waals surface area (Å²) < 4.78 is 0.777. The highest BCUT2D eigenvalue weighted by Gasteiger charge is 2.14. The predicted octanol–water partition coefficient (Wildman–Crippen LogP) is 3.28. The SMILES string of the molecule is CNc1nc(NC(C)c2ccc(Cl)s2)c2[nH]cnc2n1. The smallest absolute Gasteiger partial charge is 0.226 e. The summed E-state index contributed by atoms with van der Waals surface area (Å²) >= 11 is 7.52. The zero-order valence-corrected chi connectivity index (χ0v) is 12.5. The fraction of sp³-hybridized carbons (Fsp3) is 0.250. The van der Waals surface area contributed by atoms with Gasteiger partial charge in [0.15, 0.2) is 11.5 Å². The van der Waals surface area contributed by atoms with Crippen LogP contribution in [0.4, 0.5) is 11.8 Å². The fourth-order valence-electron chi connectivity index (χ4n) is 1.89. The second kappa shape index (κ2) is 5.26. The van der Waals surface area contributed by atoms with E-state index in [4.69, 9.17) is 11.6 Å². The number of aromatic amines is 1. The molecule has 20 heavy (non-hydrogen) atoms. The topological polar surface area (TPSA) is 78.5 Å². The standard InChI is InChI=1S/C12H13ClN6S/c1-6(7-3-4-8(13)20-7)17-11-9-10(16-5-15-9)18-12(14-2)19-11/h3-6H,1-2H3,(H3,14,15,16,17,18,19). The molecule has 0 saturated heterocycles. The number of anilines is 2. The average Bonchev–Trinajstić information content (AvgIpc) is 3.06. The molecule has 0 bridgehead atoms. The number of hydrogen-bond donors (Lipinski definition) is 3. The summed E-state index contributed by atoms with van der Waals surface area (Å²) in [7, 11) is 1.78. The molecule has 0 aliphatic carbocycles. The lowest BCUT2D eigenvalue weighted by Gasteiger charge is -2.13. The Morgan fingerprint density at radius 2 is 2.20 bits per heavy atom. The van der Waals surface area contributed by atoms with Crippen LogP contribution in [0.1, 0.15) is 17.8 Å². The van der Waals surface area contributed by atoms with Crippen LogP contribution in [0.15, 0.2) is 18.5 Å². The third kappa shape index (κ3) is 2.41. The summed E-state index contributed by atoms with van der Waals surface area (Å²) in [5.41, 5.74) is 1.42. The van der Waals surface area contributed by atoms with E-state index in [9.17, 15) is 0 Å². The lowest BCUT2D eigenvalue weighted by Crippen LogP contribution is -2.09. The molecule has 3 heterocycles. The summed E-state index contributed by atoms with van der Waals surface area (Å²) in [6, 6.07) is 4.00. The maximum Gasteiger partial charge on any atom is 0.226 e. The van der Waals surface area contributed by atoms with Gasteiger partial charge in [-0.25, -0.2) is 4.98 Å². The number of H-pyrrole nitrogens is 1. The number of hydrogen-bond acceptors (Lipinski definition) is 6. The van der Waals surface area contributed by atoms with Gasteiger partial charge in [-0.1, -0.05) is 11.6 Å². The minimum Gasteiger partial charge on any atom is -0.361 e. The summed E-state index contributed by atoms with van der Waals surface area (Å²) in [5, 5.41) is 6.30. The molecule has 0 aromatic carbocycles. The van der Waals surface area contributed by atoms with Crippen LogP contribution in [-0.2, 0) is 0 Å². The van der Waals surface area contributed by atoms with Crippen LogP contribution in [0.5, 0.6) is 0 Å².